The van der Waals surface area contributed by atoms with E-state index in [2.05, 4.69) is 49.7 Å². The Morgan fingerprint density at radius 3 is 1.39 bits per heavy atom. The van der Waals surface area contributed by atoms with Crippen LogP contribution < -0.4 is 0 Å². The van der Waals surface area contributed by atoms with Crippen molar-refractivity contribution in [2.75, 3.05) is 0 Å². The number of hydrogen-bond donors (Lipinski definition) is 0. The van der Waals surface area contributed by atoms with Gasteiger partial charge in [0.15, 0.2) is 0 Å². The van der Waals surface area contributed by atoms with Gasteiger partial charge in [-0.2, -0.15) is 0 Å². The van der Waals surface area contributed by atoms with Gasteiger partial charge in [-0.25, -0.2) is 0 Å². The summed E-state index contributed by atoms with van der Waals surface area (Å²) in [5, 5.41) is 0. The summed E-state index contributed by atoms with van der Waals surface area (Å²) in [6.45, 7) is 4.11. The van der Waals surface area contributed by atoms with Gasteiger partial charge in [0.2, 0.25) is 0 Å². The van der Waals surface area contributed by atoms with E-state index in [4.69, 9.17) is 0 Å². The molecular weight excluding hydrogens is 216 g/mol. The topological polar surface area (TPSA) is 0 Å². The zero-order valence-corrected chi connectivity index (χ0v) is 10.6. The monoisotopic (exact) mass is 230 g/mol. The van der Waals surface area contributed by atoms with Crippen LogP contribution in [0.4, 0.5) is 0 Å². The van der Waals surface area contributed by atoms with Gasteiger partial charge in [0.05, 0.1) is 0 Å². The van der Waals surface area contributed by atoms with Crippen LogP contribution in [0, 0.1) is 37.5 Å². The maximum Gasteiger partial charge on any atom is 0.0284 e. The summed E-state index contributed by atoms with van der Waals surface area (Å²) in [7, 11) is 0. The van der Waals surface area contributed by atoms with Gasteiger partial charge in [0.1, 0.15) is 0 Å². The summed E-state index contributed by atoms with van der Waals surface area (Å²) >= 11 is 0. The van der Waals surface area contributed by atoms with Crippen molar-refractivity contribution in [3.63, 3.8) is 0 Å². The molecule has 2 rings (SSSR count). The average molecular weight is 230 g/mol. The smallest absolute Gasteiger partial charge is 0.0284 e. The molecule has 18 heavy (non-hydrogen) atoms. The van der Waals surface area contributed by atoms with E-state index in [0.717, 1.165) is 11.1 Å². The predicted octanol–water partition coefficient (Wildman–Crippen LogP) is 3.71. The Labute approximate surface area is 109 Å². The summed E-state index contributed by atoms with van der Waals surface area (Å²) < 4.78 is 0. The normalized spacial score (nSPS) is 8.78. The second kappa shape index (κ2) is 5.76. The van der Waals surface area contributed by atoms with Crippen molar-refractivity contribution in [2.45, 2.75) is 13.8 Å². The van der Waals surface area contributed by atoms with Crippen molar-refractivity contribution in [1.82, 2.24) is 0 Å². The lowest BCUT2D eigenvalue weighted by molar-refractivity contribution is 1.44. The van der Waals surface area contributed by atoms with Crippen LogP contribution in [-0.2, 0) is 0 Å². The second-order valence-corrected chi connectivity index (χ2v) is 4.13. The Kier molecular flexibility index (Phi) is 3.85. The first kappa shape index (κ1) is 12.0. The largest absolute Gasteiger partial charge is 0.0619 e. The minimum atomic E-state index is 1.04. The van der Waals surface area contributed by atoms with Gasteiger partial charge in [-0.3, -0.25) is 0 Å². The number of hydrogen-bond acceptors (Lipinski definition) is 0. The van der Waals surface area contributed by atoms with Crippen LogP contribution in [0.3, 0.4) is 0 Å². The molecule has 0 unspecified atom stereocenters. The summed E-state index contributed by atoms with van der Waals surface area (Å²) in [6.07, 6.45) is 0. The third kappa shape index (κ3) is 3.03. The lowest BCUT2D eigenvalue weighted by atomic mass is 10.1. The summed E-state index contributed by atoms with van der Waals surface area (Å²) in [4.78, 5) is 0. The van der Waals surface area contributed by atoms with E-state index in [1.807, 2.05) is 36.4 Å². The first-order valence-electron chi connectivity index (χ1n) is 5.90. The van der Waals surface area contributed by atoms with Crippen molar-refractivity contribution in [3.8, 4) is 23.7 Å². The van der Waals surface area contributed by atoms with Crippen LogP contribution in [0.25, 0.3) is 0 Å². The van der Waals surface area contributed by atoms with Crippen molar-refractivity contribution in [3.05, 3.63) is 70.8 Å². The number of aryl methyl sites for hydroxylation is 2. The van der Waals surface area contributed by atoms with E-state index in [-0.39, 0.29) is 0 Å². The fraction of sp³-hybridized carbons (Fsp3) is 0.111. The molecule has 0 N–H and O–H groups in total. The molecule has 0 aromatic heterocycles. The molecule has 0 aliphatic heterocycles. The standard InChI is InChI=1S/C18H14/c1-15-9-3-5-11-17(15)13-7-8-14-18-12-6-4-10-16(18)2/h3-6,9-12H,1-2H3. The SMILES string of the molecule is Cc1ccccc1C#CC#Cc1ccccc1C. The molecule has 0 amide bonds. The van der Waals surface area contributed by atoms with Crippen molar-refractivity contribution < 1.29 is 0 Å². The number of rotatable bonds is 0. The zero-order chi connectivity index (χ0) is 12.8. The lowest BCUT2D eigenvalue weighted by Gasteiger charge is -1.94. The maximum atomic E-state index is 3.08. The van der Waals surface area contributed by atoms with Gasteiger partial charge < -0.3 is 0 Å². The van der Waals surface area contributed by atoms with E-state index >= 15 is 0 Å². The lowest BCUT2D eigenvalue weighted by Crippen LogP contribution is -1.80. The third-order valence-electron chi connectivity index (χ3n) is 2.75. The van der Waals surface area contributed by atoms with Crippen LogP contribution >= 0.6 is 0 Å². The highest BCUT2D eigenvalue weighted by atomic mass is 13.9. The summed E-state index contributed by atoms with van der Waals surface area (Å²) in [5.74, 6) is 12.0. The van der Waals surface area contributed by atoms with E-state index in [9.17, 15) is 0 Å². The zero-order valence-electron chi connectivity index (χ0n) is 10.6. The average Bonchev–Trinajstić information content (AvgIpc) is 2.38. The molecule has 0 nitrogen and oxygen atoms in total. The van der Waals surface area contributed by atoms with Crippen LogP contribution in [-0.4, -0.2) is 0 Å². The predicted molar refractivity (Wildman–Crippen MR) is 76.1 cm³/mol. The quantitative estimate of drug-likeness (QED) is 0.605. The van der Waals surface area contributed by atoms with Gasteiger partial charge in [0.25, 0.3) is 0 Å². The van der Waals surface area contributed by atoms with Crippen LogP contribution in [0.5, 0.6) is 0 Å². The summed E-state index contributed by atoms with van der Waals surface area (Å²) in [6, 6.07) is 16.1. The van der Waals surface area contributed by atoms with Crippen molar-refractivity contribution in [2.24, 2.45) is 0 Å². The fourth-order valence-electron chi connectivity index (χ4n) is 1.62. The molecule has 0 radical (unpaired) electrons. The first-order valence-corrected chi connectivity index (χ1v) is 5.90. The Bertz CT molecular complexity index is 609. The van der Waals surface area contributed by atoms with Crippen molar-refractivity contribution >= 4 is 0 Å². The van der Waals surface area contributed by atoms with Crippen molar-refractivity contribution in [1.29, 1.82) is 0 Å². The van der Waals surface area contributed by atoms with Gasteiger partial charge in [-0.05, 0) is 48.9 Å². The van der Waals surface area contributed by atoms with Crippen LogP contribution in [0.15, 0.2) is 48.5 Å². The highest BCUT2D eigenvalue weighted by Gasteiger charge is 1.90. The first-order chi connectivity index (χ1) is 8.77. The molecule has 0 fully saturated rings. The van der Waals surface area contributed by atoms with E-state index < -0.39 is 0 Å². The molecule has 0 saturated heterocycles. The molecule has 0 saturated carbocycles. The molecular formula is C18H14. The van der Waals surface area contributed by atoms with E-state index in [1.54, 1.807) is 0 Å². The maximum absolute atomic E-state index is 3.08. The molecule has 0 aliphatic carbocycles. The Morgan fingerprint density at radius 2 is 1.00 bits per heavy atom. The molecule has 0 atom stereocenters. The Balaban J connectivity index is 2.20. The Morgan fingerprint density at radius 1 is 0.611 bits per heavy atom. The second-order valence-electron chi connectivity index (χ2n) is 4.13. The third-order valence-corrected chi connectivity index (χ3v) is 2.75. The van der Waals surface area contributed by atoms with Crippen LogP contribution in [0.2, 0.25) is 0 Å². The van der Waals surface area contributed by atoms with Gasteiger partial charge in [-0.15, -0.1) is 0 Å². The molecule has 2 aromatic rings. The molecule has 0 heterocycles. The molecule has 0 aliphatic rings. The van der Waals surface area contributed by atoms with Gasteiger partial charge in [0, 0.05) is 11.1 Å². The molecule has 0 bridgehead atoms. The highest BCUT2D eigenvalue weighted by Crippen LogP contribution is 2.05. The summed E-state index contributed by atoms with van der Waals surface area (Å²) in [5.41, 5.74) is 4.44. The molecule has 2 aromatic carbocycles. The van der Waals surface area contributed by atoms with Gasteiger partial charge >= 0.3 is 0 Å². The molecule has 0 spiro atoms. The minimum absolute atomic E-state index is 1.04. The van der Waals surface area contributed by atoms with E-state index in [0.29, 0.717) is 0 Å². The van der Waals surface area contributed by atoms with Gasteiger partial charge in [-0.1, -0.05) is 48.2 Å². The fourth-order valence-corrected chi connectivity index (χ4v) is 1.62. The molecule has 86 valence electrons. The number of benzene rings is 2. The highest BCUT2D eigenvalue weighted by molar-refractivity contribution is 5.48. The van der Waals surface area contributed by atoms with Crippen LogP contribution in [0.1, 0.15) is 22.3 Å². The minimum Gasteiger partial charge on any atom is -0.0619 e. The van der Waals surface area contributed by atoms with E-state index in [1.165, 1.54) is 11.1 Å². The molecule has 0 heteroatoms. The Hall–Kier alpha value is -2.44.